The van der Waals surface area contributed by atoms with Crippen molar-refractivity contribution in [3.05, 3.63) is 41.0 Å². The van der Waals surface area contributed by atoms with Gasteiger partial charge in [0.05, 0.1) is 5.52 Å². The van der Waals surface area contributed by atoms with E-state index in [1.54, 1.807) is 0 Å². The number of amides is 1. The topological polar surface area (TPSA) is 33.2 Å². The largest absolute Gasteiger partial charge is 0.345 e. The number of nitrogens with zero attached hydrogens (tertiary/aromatic N) is 2. The number of hydrogen-bond acceptors (Lipinski definition) is 2. The van der Waals surface area contributed by atoms with E-state index < -0.39 is 0 Å². The molecule has 3 nitrogen and oxygen atoms in total. The van der Waals surface area contributed by atoms with Gasteiger partial charge in [-0.3, -0.25) is 4.79 Å². The summed E-state index contributed by atoms with van der Waals surface area (Å²) in [6, 6.07) is 10.2. The first-order chi connectivity index (χ1) is 9.28. The second-order valence-electron chi connectivity index (χ2n) is 4.98. The first kappa shape index (κ1) is 12.4. The van der Waals surface area contributed by atoms with Crippen LogP contribution >= 0.6 is 11.6 Å². The zero-order valence-corrected chi connectivity index (χ0v) is 11.3. The van der Waals surface area contributed by atoms with Crippen molar-refractivity contribution in [2.75, 3.05) is 13.1 Å². The summed E-state index contributed by atoms with van der Waals surface area (Å²) in [5.41, 5.74) is 2.05. The minimum absolute atomic E-state index is 0.404. The zero-order chi connectivity index (χ0) is 13.2. The number of rotatable bonds is 2. The fraction of sp³-hybridized carbons (Fsp3) is 0.333. The minimum atomic E-state index is 0.404. The van der Waals surface area contributed by atoms with Crippen LogP contribution < -0.4 is 0 Å². The highest BCUT2D eigenvalue weighted by Gasteiger charge is 2.22. The van der Waals surface area contributed by atoms with Crippen LogP contribution in [0.3, 0.4) is 0 Å². The number of likely N-dealkylation sites (tertiary alicyclic amines) is 1. The highest BCUT2D eigenvalue weighted by molar-refractivity contribution is 6.30. The van der Waals surface area contributed by atoms with Gasteiger partial charge in [-0.25, -0.2) is 4.98 Å². The van der Waals surface area contributed by atoms with Crippen LogP contribution in [0.2, 0.25) is 5.15 Å². The van der Waals surface area contributed by atoms with Gasteiger partial charge in [0.2, 0.25) is 6.41 Å². The number of aromatic nitrogens is 1. The fourth-order valence-corrected chi connectivity index (χ4v) is 3.01. The molecule has 1 aliphatic rings. The smallest absolute Gasteiger partial charge is 0.209 e. The number of carbonyl (C=O) groups excluding carboxylic acids is 1. The SMILES string of the molecule is O=CN1CCC(c2cc3ccccc3nc2Cl)CC1. The maximum atomic E-state index is 10.7. The molecule has 0 spiro atoms. The van der Waals surface area contributed by atoms with Gasteiger partial charge in [0, 0.05) is 18.5 Å². The van der Waals surface area contributed by atoms with E-state index in [0.29, 0.717) is 11.1 Å². The Bertz CT molecular complexity index is 606. The third-order valence-corrected chi connectivity index (χ3v) is 4.13. The molecule has 3 rings (SSSR count). The molecule has 0 unspecified atom stereocenters. The van der Waals surface area contributed by atoms with E-state index in [4.69, 9.17) is 11.6 Å². The maximum absolute atomic E-state index is 10.7. The summed E-state index contributed by atoms with van der Waals surface area (Å²) in [7, 11) is 0. The summed E-state index contributed by atoms with van der Waals surface area (Å²) in [4.78, 5) is 17.0. The van der Waals surface area contributed by atoms with Crippen LogP contribution in [0, 0.1) is 0 Å². The van der Waals surface area contributed by atoms with Crippen molar-refractivity contribution >= 4 is 28.9 Å². The Labute approximate surface area is 117 Å². The number of fused-ring (bicyclic) bond motifs is 1. The quantitative estimate of drug-likeness (QED) is 0.622. The lowest BCUT2D eigenvalue weighted by Crippen LogP contribution is -2.31. The highest BCUT2D eigenvalue weighted by Crippen LogP contribution is 2.33. The Morgan fingerprint density at radius 1 is 1.26 bits per heavy atom. The van der Waals surface area contributed by atoms with Crippen LogP contribution in [0.1, 0.15) is 24.3 Å². The molecule has 0 saturated carbocycles. The van der Waals surface area contributed by atoms with E-state index in [1.807, 2.05) is 23.1 Å². The summed E-state index contributed by atoms with van der Waals surface area (Å²) < 4.78 is 0. The van der Waals surface area contributed by atoms with E-state index in [9.17, 15) is 4.79 Å². The van der Waals surface area contributed by atoms with E-state index in [2.05, 4.69) is 17.1 Å². The lowest BCUT2D eigenvalue weighted by molar-refractivity contribution is -0.119. The molecule has 1 fully saturated rings. The average molecular weight is 275 g/mol. The molecule has 1 aliphatic heterocycles. The Balaban J connectivity index is 1.92. The molecular formula is C15H15ClN2O. The zero-order valence-electron chi connectivity index (χ0n) is 10.6. The molecular weight excluding hydrogens is 260 g/mol. The lowest BCUT2D eigenvalue weighted by atomic mass is 9.90. The van der Waals surface area contributed by atoms with Crippen LogP contribution in [-0.4, -0.2) is 29.4 Å². The minimum Gasteiger partial charge on any atom is -0.345 e. The first-order valence-electron chi connectivity index (χ1n) is 6.52. The van der Waals surface area contributed by atoms with Gasteiger partial charge < -0.3 is 4.90 Å². The molecule has 2 heterocycles. The van der Waals surface area contributed by atoms with Crippen molar-refractivity contribution in [1.82, 2.24) is 9.88 Å². The van der Waals surface area contributed by atoms with Gasteiger partial charge in [0.25, 0.3) is 0 Å². The lowest BCUT2D eigenvalue weighted by Gasteiger charge is -2.29. The molecule has 2 aromatic rings. The van der Waals surface area contributed by atoms with Gasteiger partial charge >= 0.3 is 0 Å². The van der Waals surface area contributed by atoms with Crippen molar-refractivity contribution < 1.29 is 4.79 Å². The third kappa shape index (κ3) is 2.43. The monoisotopic (exact) mass is 274 g/mol. The molecule has 0 N–H and O–H groups in total. The van der Waals surface area contributed by atoms with Crippen molar-refractivity contribution in [1.29, 1.82) is 0 Å². The van der Waals surface area contributed by atoms with Gasteiger partial charge in [0.1, 0.15) is 5.15 Å². The summed E-state index contributed by atoms with van der Waals surface area (Å²) in [6.45, 7) is 1.61. The number of para-hydroxylation sites is 1. The summed E-state index contributed by atoms with van der Waals surface area (Å²) in [6.07, 6.45) is 2.84. The number of benzene rings is 1. The van der Waals surface area contributed by atoms with E-state index in [-0.39, 0.29) is 0 Å². The molecule has 1 saturated heterocycles. The van der Waals surface area contributed by atoms with Crippen molar-refractivity contribution in [3.8, 4) is 0 Å². The molecule has 1 amide bonds. The van der Waals surface area contributed by atoms with Gasteiger partial charge in [-0.15, -0.1) is 0 Å². The number of pyridine rings is 1. The number of piperidine rings is 1. The molecule has 1 aromatic heterocycles. The Morgan fingerprint density at radius 2 is 2.00 bits per heavy atom. The summed E-state index contributed by atoms with van der Waals surface area (Å²) in [5.74, 6) is 0.404. The highest BCUT2D eigenvalue weighted by atomic mass is 35.5. The Kier molecular flexibility index (Phi) is 3.38. The molecule has 0 radical (unpaired) electrons. The molecule has 4 heteroatoms. The molecule has 98 valence electrons. The van der Waals surface area contributed by atoms with Crippen molar-refractivity contribution in [2.45, 2.75) is 18.8 Å². The van der Waals surface area contributed by atoms with Crippen LogP contribution in [0.25, 0.3) is 10.9 Å². The standard InChI is InChI=1S/C15H15ClN2O/c16-15-13(11-5-7-18(10-19)8-6-11)9-12-3-1-2-4-14(12)17-15/h1-4,9-11H,5-8H2. The molecule has 0 atom stereocenters. The first-order valence-corrected chi connectivity index (χ1v) is 6.90. The van der Waals surface area contributed by atoms with E-state index in [0.717, 1.165) is 48.8 Å². The molecule has 0 aliphatic carbocycles. The van der Waals surface area contributed by atoms with Crippen molar-refractivity contribution in [3.63, 3.8) is 0 Å². The summed E-state index contributed by atoms with van der Waals surface area (Å²) >= 11 is 6.31. The average Bonchev–Trinajstić information content (AvgIpc) is 2.47. The Hall–Kier alpha value is -1.61. The van der Waals surface area contributed by atoms with Gasteiger partial charge in [-0.2, -0.15) is 0 Å². The number of hydrogen-bond donors (Lipinski definition) is 0. The summed E-state index contributed by atoms with van der Waals surface area (Å²) in [5, 5.41) is 1.72. The predicted molar refractivity (Wildman–Crippen MR) is 76.4 cm³/mol. The molecule has 19 heavy (non-hydrogen) atoms. The molecule has 0 bridgehead atoms. The van der Waals surface area contributed by atoms with Crippen LogP contribution in [0.4, 0.5) is 0 Å². The van der Waals surface area contributed by atoms with Gasteiger partial charge in [-0.1, -0.05) is 29.8 Å². The molecule has 1 aromatic carbocycles. The van der Waals surface area contributed by atoms with Crippen molar-refractivity contribution in [2.24, 2.45) is 0 Å². The fourth-order valence-electron chi connectivity index (χ4n) is 2.71. The van der Waals surface area contributed by atoms with Crippen LogP contribution in [0.5, 0.6) is 0 Å². The normalized spacial score (nSPS) is 16.8. The van der Waals surface area contributed by atoms with Gasteiger partial charge in [0.15, 0.2) is 0 Å². The van der Waals surface area contributed by atoms with E-state index in [1.165, 1.54) is 0 Å². The third-order valence-electron chi connectivity index (χ3n) is 3.82. The second kappa shape index (κ2) is 5.17. The predicted octanol–water partition coefficient (Wildman–Crippen LogP) is 3.22. The number of halogens is 1. The maximum Gasteiger partial charge on any atom is 0.209 e. The van der Waals surface area contributed by atoms with Crippen LogP contribution in [0.15, 0.2) is 30.3 Å². The van der Waals surface area contributed by atoms with E-state index >= 15 is 0 Å². The van der Waals surface area contributed by atoms with Gasteiger partial charge in [-0.05, 0) is 36.5 Å². The van der Waals surface area contributed by atoms with Crippen LogP contribution in [-0.2, 0) is 4.79 Å². The second-order valence-corrected chi connectivity index (χ2v) is 5.33. The number of carbonyl (C=O) groups is 1. The Morgan fingerprint density at radius 3 is 2.74 bits per heavy atom.